The van der Waals surface area contributed by atoms with Crippen molar-refractivity contribution in [3.63, 3.8) is 0 Å². The Morgan fingerprint density at radius 1 is 1.07 bits per heavy atom. The summed E-state index contributed by atoms with van der Waals surface area (Å²) < 4.78 is 0. The van der Waals surface area contributed by atoms with Crippen molar-refractivity contribution in [2.24, 2.45) is 0 Å². The zero-order valence-corrected chi connectivity index (χ0v) is 8.23. The molecule has 0 radical (unpaired) electrons. The van der Waals surface area contributed by atoms with E-state index in [1.165, 1.54) is 0 Å². The maximum atomic E-state index is 11.7. The molecule has 3 rings (SSSR count). The third-order valence-corrected chi connectivity index (χ3v) is 2.88. The summed E-state index contributed by atoms with van der Waals surface area (Å²) in [5.74, 6) is 0.240. The molecule has 0 aliphatic heterocycles. The number of hydrogen-bond acceptors (Lipinski definition) is 3. The minimum absolute atomic E-state index is 0.240. The van der Waals surface area contributed by atoms with E-state index in [9.17, 15) is 4.79 Å². The minimum Gasteiger partial charge on any atom is -0.294 e. The van der Waals surface area contributed by atoms with Gasteiger partial charge in [0.1, 0.15) is 0 Å². The van der Waals surface area contributed by atoms with Crippen molar-refractivity contribution in [2.75, 3.05) is 0 Å². The second-order valence-electron chi connectivity index (χ2n) is 3.79. The second kappa shape index (κ2) is 3.12. The van der Waals surface area contributed by atoms with Crippen molar-refractivity contribution in [3.8, 4) is 0 Å². The van der Waals surface area contributed by atoms with E-state index < -0.39 is 0 Å². The number of nitrogens with zero attached hydrogens (tertiary/aromatic N) is 2. The minimum atomic E-state index is 0.240. The lowest BCUT2D eigenvalue weighted by Gasteiger charge is -2.15. The molecule has 1 aromatic heterocycles. The van der Waals surface area contributed by atoms with Gasteiger partial charge in [-0.25, -0.2) is 0 Å². The highest BCUT2D eigenvalue weighted by molar-refractivity contribution is 6.02. The molecule has 3 nitrogen and oxygen atoms in total. The van der Waals surface area contributed by atoms with Crippen molar-refractivity contribution < 1.29 is 4.79 Å². The van der Waals surface area contributed by atoms with Crippen molar-refractivity contribution in [1.82, 2.24) is 9.97 Å². The Bertz CT molecular complexity index is 548. The van der Waals surface area contributed by atoms with Gasteiger partial charge in [-0.05, 0) is 30.5 Å². The molecule has 1 aromatic carbocycles. The number of aromatic nitrogens is 2. The Morgan fingerprint density at radius 2 is 1.93 bits per heavy atom. The SMILES string of the molecule is O=C1CCCc2c1ccc1nccnc21. The Kier molecular flexibility index (Phi) is 1.78. The fraction of sp³-hybridized carbons (Fsp3) is 0.250. The van der Waals surface area contributed by atoms with Gasteiger partial charge in [0.05, 0.1) is 11.0 Å². The summed E-state index contributed by atoms with van der Waals surface area (Å²) in [7, 11) is 0. The first kappa shape index (κ1) is 8.53. The molecule has 0 saturated heterocycles. The van der Waals surface area contributed by atoms with E-state index in [1.54, 1.807) is 12.4 Å². The number of Topliss-reactive ketones (excluding diaryl/α,β-unsaturated/α-hetero) is 1. The van der Waals surface area contributed by atoms with E-state index in [-0.39, 0.29) is 5.78 Å². The fourth-order valence-corrected chi connectivity index (χ4v) is 2.17. The van der Waals surface area contributed by atoms with Gasteiger partial charge in [0, 0.05) is 24.4 Å². The molecule has 1 aliphatic rings. The van der Waals surface area contributed by atoms with Crippen LogP contribution in [-0.4, -0.2) is 15.8 Å². The molecule has 0 unspecified atom stereocenters. The van der Waals surface area contributed by atoms with Crippen LogP contribution in [0.3, 0.4) is 0 Å². The molecule has 3 heteroatoms. The summed E-state index contributed by atoms with van der Waals surface area (Å²) in [6.45, 7) is 0. The van der Waals surface area contributed by atoms with Crippen LogP contribution in [0.1, 0.15) is 28.8 Å². The van der Waals surface area contributed by atoms with Crippen LogP contribution in [0, 0.1) is 0 Å². The number of rotatable bonds is 0. The number of aryl methyl sites for hydroxylation is 1. The van der Waals surface area contributed by atoms with Crippen molar-refractivity contribution >= 4 is 16.8 Å². The Balaban J connectivity index is 2.38. The maximum Gasteiger partial charge on any atom is 0.163 e. The average molecular weight is 198 g/mol. The lowest BCUT2D eigenvalue weighted by atomic mass is 9.89. The topological polar surface area (TPSA) is 42.9 Å². The van der Waals surface area contributed by atoms with Crippen LogP contribution in [0.15, 0.2) is 24.5 Å². The lowest BCUT2D eigenvalue weighted by molar-refractivity contribution is 0.0973. The van der Waals surface area contributed by atoms with Crippen molar-refractivity contribution in [2.45, 2.75) is 19.3 Å². The van der Waals surface area contributed by atoms with Crippen LogP contribution >= 0.6 is 0 Å². The average Bonchev–Trinajstić information content (AvgIpc) is 2.29. The number of carbonyl (C=O) groups excluding carboxylic acids is 1. The third-order valence-electron chi connectivity index (χ3n) is 2.88. The highest BCUT2D eigenvalue weighted by Crippen LogP contribution is 2.26. The zero-order valence-electron chi connectivity index (χ0n) is 8.23. The van der Waals surface area contributed by atoms with E-state index in [1.807, 2.05) is 12.1 Å². The monoisotopic (exact) mass is 198 g/mol. The number of ketones is 1. The third kappa shape index (κ3) is 1.23. The van der Waals surface area contributed by atoms with Gasteiger partial charge in [0.2, 0.25) is 0 Å². The summed E-state index contributed by atoms with van der Waals surface area (Å²) in [5.41, 5.74) is 3.69. The first-order chi connectivity index (χ1) is 7.36. The summed E-state index contributed by atoms with van der Waals surface area (Å²) in [5, 5.41) is 0. The molecule has 0 spiro atoms. The van der Waals surface area contributed by atoms with Gasteiger partial charge in [0.15, 0.2) is 5.78 Å². The number of fused-ring (bicyclic) bond motifs is 3. The largest absolute Gasteiger partial charge is 0.294 e. The van der Waals surface area contributed by atoms with Crippen LogP contribution in [0.2, 0.25) is 0 Å². The smallest absolute Gasteiger partial charge is 0.163 e. The second-order valence-corrected chi connectivity index (χ2v) is 3.79. The number of hydrogen-bond donors (Lipinski definition) is 0. The van der Waals surface area contributed by atoms with E-state index >= 15 is 0 Å². The fourth-order valence-electron chi connectivity index (χ4n) is 2.17. The summed E-state index contributed by atoms with van der Waals surface area (Å²) in [6, 6.07) is 3.76. The van der Waals surface area contributed by atoms with Crippen LogP contribution in [0.4, 0.5) is 0 Å². The van der Waals surface area contributed by atoms with Crippen LogP contribution < -0.4 is 0 Å². The van der Waals surface area contributed by atoms with Crippen molar-refractivity contribution in [1.29, 1.82) is 0 Å². The predicted octanol–water partition coefficient (Wildman–Crippen LogP) is 2.15. The van der Waals surface area contributed by atoms with Gasteiger partial charge >= 0.3 is 0 Å². The van der Waals surface area contributed by atoms with Gasteiger partial charge in [-0.15, -0.1) is 0 Å². The molecule has 0 fully saturated rings. The first-order valence-electron chi connectivity index (χ1n) is 5.12. The molecule has 0 N–H and O–H groups in total. The van der Waals surface area contributed by atoms with Crippen molar-refractivity contribution in [3.05, 3.63) is 35.7 Å². The molecule has 1 heterocycles. The molecule has 15 heavy (non-hydrogen) atoms. The summed E-state index contributed by atoms with van der Waals surface area (Å²) in [4.78, 5) is 20.2. The Labute approximate surface area is 87.2 Å². The maximum absolute atomic E-state index is 11.7. The number of benzene rings is 1. The highest BCUT2D eigenvalue weighted by Gasteiger charge is 2.19. The van der Waals surface area contributed by atoms with E-state index in [0.717, 1.165) is 35.0 Å². The van der Waals surface area contributed by atoms with E-state index in [4.69, 9.17) is 0 Å². The van der Waals surface area contributed by atoms with Gasteiger partial charge in [0.25, 0.3) is 0 Å². The lowest BCUT2D eigenvalue weighted by Crippen LogP contribution is -2.11. The summed E-state index contributed by atoms with van der Waals surface area (Å²) in [6.07, 6.45) is 5.90. The molecule has 1 aliphatic carbocycles. The molecular weight excluding hydrogens is 188 g/mol. The molecule has 0 bridgehead atoms. The molecule has 74 valence electrons. The number of carbonyl (C=O) groups is 1. The molecular formula is C12H10N2O. The van der Waals surface area contributed by atoms with Gasteiger partial charge in [-0.1, -0.05) is 0 Å². The quantitative estimate of drug-likeness (QED) is 0.651. The molecule has 0 saturated carbocycles. The molecule has 2 aromatic rings. The Hall–Kier alpha value is -1.77. The highest BCUT2D eigenvalue weighted by atomic mass is 16.1. The summed E-state index contributed by atoms with van der Waals surface area (Å²) >= 11 is 0. The normalized spacial score (nSPS) is 15.3. The first-order valence-corrected chi connectivity index (χ1v) is 5.12. The standard InChI is InChI=1S/C12H10N2O/c15-11-3-1-2-9-8(11)4-5-10-12(9)14-7-6-13-10/h4-7H,1-3H2. The Morgan fingerprint density at radius 3 is 2.87 bits per heavy atom. The molecule has 0 amide bonds. The molecule has 0 atom stereocenters. The van der Waals surface area contributed by atoms with Gasteiger partial charge < -0.3 is 0 Å². The zero-order chi connectivity index (χ0) is 10.3. The van der Waals surface area contributed by atoms with Crippen LogP contribution in [0.25, 0.3) is 11.0 Å². The van der Waals surface area contributed by atoms with Gasteiger partial charge in [-0.2, -0.15) is 0 Å². The van der Waals surface area contributed by atoms with E-state index in [0.29, 0.717) is 6.42 Å². The van der Waals surface area contributed by atoms with Gasteiger partial charge in [-0.3, -0.25) is 14.8 Å². The van der Waals surface area contributed by atoms with Crippen LogP contribution in [-0.2, 0) is 6.42 Å². The predicted molar refractivity (Wildman–Crippen MR) is 56.8 cm³/mol. The van der Waals surface area contributed by atoms with Crippen LogP contribution in [0.5, 0.6) is 0 Å². The van der Waals surface area contributed by atoms with E-state index in [2.05, 4.69) is 9.97 Å².